The number of methoxy groups -OCH3 is 1. The predicted molar refractivity (Wildman–Crippen MR) is 100 cm³/mol. The summed E-state index contributed by atoms with van der Waals surface area (Å²) in [4.78, 5) is 23.9. The summed E-state index contributed by atoms with van der Waals surface area (Å²) >= 11 is 6.03. The van der Waals surface area contributed by atoms with Crippen molar-refractivity contribution < 1.29 is 19.1 Å². The number of carbonyl (C=O) groups is 2. The van der Waals surface area contributed by atoms with Gasteiger partial charge in [-0.2, -0.15) is 0 Å². The van der Waals surface area contributed by atoms with Crippen LogP contribution in [0.1, 0.15) is 12.5 Å². The molecule has 6 nitrogen and oxygen atoms in total. The SMILES string of the molecule is COc1ccc(NC(C)=O)cc1NC(=O)[C@@H]1COc2ccc(Cl)cc2C1. The highest BCUT2D eigenvalue weighted by Crippen LogP contribution is 2.32. The van der Waals surface area contributed by atoms with Crippen LogP contribution in [0.15, 0.2) is 36.4 Å². The van der Waals surface area contributed by atoms with Crippen molar-refractivity contribution >= 4 is 34.8 Å². The van der Waals surface area contributed by atoms with Crippen molar-refractivity contribution in [3.63, 3.8) is 0 Å². The Morgan fingerprint density at radius 1 is 1.19 bits per heavy atom. The summed E-state index contributed by atoms with van der Waals surface area (Å²) in [5, 5.41) is 6.15. The molecule has 0 radical (unpaired) electrons. The number of ether oxygens (including phenoxy) is 2. The molecule has 0 unspecified atom stereocenters. The van der Waals surface area contributed by atoms with E-state index in [1.54, 1.807) is 24.3 Å². The number of hydrogen-bond acceptors (Lipinski definition) is 4. The van der Waals surface area contributed by atoms with Gasteiger partial charge in [0.1, 0.15) is 18.1 Å². The Kier molecular flexibility index (Phi) is 5.32. The summed E-state index contributed by atoms with van der Waals surface area (Å²) in [7, 11) is 1.52. The summed E-state index contributed by atoms with van der Waals surface area (Å²) in [6, 6.07) is 10.4. The van der Waals surface area contributed by atoms with E-state index in [0.717, 1.165) is 11.3 Å². The van der Waals surface area contributed by atoms with Crippen LogP contribution >= 0.6 is 11.6 Å². The number of fused-ring (bicyclic) bond motifs is 1. The van der Waals surface area contributed by atoms with Gasteiger partial charge < -0.3 is 20.1 Å². The first-order valence-corrected chi connectivity index (χ1v) is 8.52. The zero-order chi connectivity index (χ0) is 18.7. The Morgan fingerprint density at radius 2 is 2.00 bits per heavy atom. The quantitative estimate of drug-likeness (QED) is 0.858. The van der Waals surface area contributed by atoms with Gasteiger partial charge in [-0.25, -0.2) is 0 Å². The molecule has 0 saturated heterocycles. The van der Waals surface area contributed by atoms with E-state index in [9.17, 15) is 9.59 Å². The van der Waals surface area contributed by atoms with Crippen molar-refractivity contribution in [3.05, 3.63) is 47.0 Å². The maximum atomic E-state index is 12.7. The topological polar surface area (TPSA) is 76.7 Å². The number of hydrogen-bond donors (Lipinski definition) is 2. The summed E-state index contributed by atoms with van der Waals surface area (Å²) in [6.45, 7) is 1.71. The third-order valence-corrected chi connectivity index (χ3v) is 4.31. The fourth-order valence-electron chi connectivity index (χ4n) is 2.85. The number of amides is 2. The van der Waals surface area contributed by atoms with Crippen molar-refractivity contribution in [2.45, 2.75) is 13.3 Å². The maximum absolute atomic E-state index is 12.7. The van der Waals surface area contributed by atoms with Crippen molar-refractivity contribution in [1.29, 1.82) is 0 Å². The minimum Gasteiger partial charge on any atom is -0.495 e. The summed E-state index contributed by atoms with van der Waals surface area (Å²) < 4.78 is 11.0. The van der Waals surface area contributed by atoms with Gasteiger partial charge in [-0.1, -0.05) is 11.6 Å². The summed E-state index contributed by atoms with van der Waals surface area (Å²) in [5.41, 5.74) is 1.97. The molecule has 0 aromatic heterocycles. The predicted octanol–water partition coefficient (Wildman–Crippen LogP) is 3.50. The van der Waals surface area contributed by atoms with Crippen molar-refractivity contribution in [2.75, 3.05) is 24.4 Å². The van der Waals surface area contributed by atoms with Gasteiger partial charge in [0.15, 0.2) is 0 Å². The lowest BCUT2D eigenvalue weighted by molar-refractivity contribution is -0.121. The maximum Gasteiger partial charge on any atom is 0.231 e. The lowest BCUT2D eigenvalue weighted by Crippen LogP contribution is -2.32. The van der Waals surface area contributed by atoms with Gasteiger partial charge >= 0.3 is 0 Å². The van der Waals surface area contributed by atoms with E-state index in [4.69, 9.17) is 21.1 Å². The summed E-state index contributed by atoms with van der Waals surface area (Å²) in [6.07, 6.45) is 0.537. The van der Waals surface area contributed by atoms with Crippen molar-refractivity contribution in [2.24, 2.45) is 5.92 Å². The average Bonchev–Trinajstić information content (AvgIpc) is 2.60. The second-order valence-corrected chi connectivity index (χ2v) is 6.49. The minimum atomic E-state index is -0.352. The Hall–Kier alpha value is -2.73. The number of benzene rings is 2. The Labute approximate surface area is 156 Å². The molecule has 0 aliphatic carbocycles. The molecule has 0 spiro atoms. The normalized spacial score (nSPS) is 15.4. The molecule has 2 N–H and O–H groups in total. The van der Waals surface area contributed by atoms with E-state index in [1.165, 1.54) is 14.0 Å². The van der Waals surface area contributed by atoms with Crippen LogP contribution in [0.5, 0.6) is 11.5 Å². The van der Waals surface area contributed by atoms with Gasteiger partial charge in [0.25, 0.3) is 0 Å². The summed E-state index contributed by atoms with van der Waals surface area (Å²) in [5.74, 6) is 0.530. The smallest absolute Gasteiger partial charge is 0.231 e. The Morgan fingerprint density at radius 3 is 2.73 bits per heavy atom. The molecule has 0 bridgehead atoms. The molecule has 1 heterocycles. The van der Waals surface area contributed by atoms with E-state index in [0.29, 0.717) is 28.6 Å². The molecule has 0 saturated carbocycles. The lowest BCUT2D eigenvalue weighted by atomic mass is 9.96. The minimum absolute atomic E-state index is 0.186. The second kappa shape index (κ2) is 7.66. The number of carbonyl (C=O) groups excluding carboxylic acids is 2. The molecule has 7 heteroatoms. The van der Waals surface area contributed by atoms with E-state index >= 15 is 0 Å². The molecule has 2 aromatic rings. The molecule has 0 fully saturated rings. The van der Waals surface area contributed by atoms with Gasteiger partial charge in [0.05, 0.1) is 18.7 Å². The van der Waals surface area contributed by atoms with Gasteiger partial charge in [-0.15, -0.1) is 0 Å². The molecule has 136 valence electrons. The van der Waals surface area contributed by atoms with Crippen LogP contribution in [-0.4, -0.2) is 25.5 Å². The number of nitrogens with one attached hydrogen (secondary N) is 2. The van der Waals surface area contributed by atoms with Gasteiger partial charge in [-0.05, 0) is 48.4 Å². The first kappa shape index (κ1) is 18.1. The standard InChI is InChI=1S/C19H19ClN2O4/c1-11(23)21-15-4-6-18(25-2)16(9-15)22-19(24)13-7-12-8-14(20)3-5-17(12)26-10-13/h3-6,8-9,13H,7,10H2,1-2H3,(H,21,23)(H,22,24)/t13-/m0/s1. The highest BCUT2D eigenvalue weighted by Gasteiger charge is 2.27. The highest BCUT2D eigenvalue weighted by molar-refractivity contribution is 6.30. The molecular formula is C19H19ClN2O4. The third kappa shape index (κ3) is 4.08. The van der Waals surface area contributed by atoms with Crippen molar-refractivity contribution in [1.82, 2.24) is 0 Å². The van der Waals surface area contributed by atoms with E-state index in [2.05, 4.69) is 10.6 Å². The Balaban J connectivity index is 1.76. The molecular weight excluding hydrogens is 356 g/mol. The van der Waals surface area contributed by atoms with Crippen LogP contribution in [0.4, 0.5) is 11.4 Å². The lowest BCUT2D eigenvalue weighted by Gasteiger charge is -2.25. The van der Waals surface area contributed by atoms with Crippen LogP contribution in [0.2, 0.25) is 5.02 Å². The third-order valence-electron chi connectivity index (χ3n) is 4.08. The number of rotatable bonds is 4. The largest absolute Gasteiger partial charge is 0.495 e. The fourth-order valence-corrected chi connectivity index (χ4v) is 3.05. The molecule has 1 atom stereocenters. The van der Waals surface area contributed by atoms with Gasteiger partial charge in [0, 0.05) is 17.6 Å². The van der Waals surface area contributed by atoms with E-state index < -0.39 is 0 Å². The molecule has 1 aliphatic rings. The molecule has 1 aliphatic heterocycles. The van der Waals surface area contributed by atoms with Gasteiger partial charge in [0.2, 0.25) is 11.8 Å². The van der Waals surface area contributed by atoms with Crippen LogP contribution in [0.25, 0.3) is 0 Å². The molecule has 2 amide bonds. The monoisotopic (exact) mass is 374 g/mol. The van der Waals surface area contributed by atoms with Crippen LogP contribution in [-0.2, 0) is 16.0 Å². The van der Waals surface area contributed by atoms with Crippen molar-refractivity contribution in [3.8, 4) is 11.5 Å². The van der Waals surface area contributed by atoms with Crippen LogP contribution < -0.4 is 20.1 Å². The van der Waals surface area contributed by atoms with Gasteiger partial charge in [-0.3, -0.25) is 9.59 Å². The fraction of sp³-hybridized carbons (Fsp3) is 0.263. The zero-order valence-corrected chi connectivity index (χ0v) is 15.2. The first-order chi connectivity index (χ1) is 12.5. The zero-order valence-electron chi connectivity index (χ0n) is 14.5. The number of anilines is 2. The first-order valence-electron chi connectivity index (χ1n) is 8.14. The molecule has 2 aromatic carbocycles. The van der Waals surface area contributed by atoms with Crippen LogP contribution in [0.3, 0.4) is 0 Å². The van der Waals surface area contributed by atoms with E-state index in [1.807, 2.05) is 12.1 Å². The average molecular weight is 375 g/mol. The van der Waals surface area contributed by atoms with Crippen LogP contribution in [0, 0.1) is 5.92 Å². The number of halogens is 1. The second-order valence-electron chi connectivity index (χ2n) is 6.05. The van der Waals surface area contributed by atoms with E-state index in [-0.39, 0.29) is 24.3 Å². The molecule has 26 heavy (non-hydrogen) atoms. The Bertz CT molecular complexity index is 853. The molecule has 3 rings (SSSR count). The highest BCUT2D eigenvalue weighted by atomic mass is 35.5.